The minimum absolute atomic E-state index is 0. The van der Waals surface area contributed by atoms with E-state index in [2.05, 4.69) is 50.4 Å². The van der Waals surface area contributed by atoms with Crippen molar-refractivity contribution in [3.8, 4) is 0 Å². The van der Waals surface area contributed by atoms with Gasteiger partial charge in [0.05, 0.1) is 19.5 Å². The molecule has 2 amide bonds. The quantitative estimate of drug-likeness (QED) is 0.0284. The van der Waals surface area contributed by atoms with Gasteiger partial charge >= 0.3 is 29.6 Å². The number of nitrogen functional groups attached to an aromatic ring is 1. The number of nitrogens with zero attached hydrogens (tertiary/aromatic N) is 4. The molecule has 0 radical (unpaired) electrons. The molecule has 1 saturated heterocycles. The van der Waals surface area contributed by atoms with Crippen LogP contribution in [0.25, 0.3) is 11.2 Å². The third kappa shape index (κ3) is 20.8. The normalized spacial score (nSPS) is 21.0. The first-order valence-electron chi connectivity index (χ1n) is 20.5. The number of aromatic nitrogens is 4. The van der Waals surface area contributed by atoms with Crippen LogP contribution in [0.3, 0.4) is 0 Å². The molecule has 3 rings (SSSR count). The molecule has 2 aromatic rings. The number of carbonyl (C=O) groups is 3. The van der Waals surface area contributed by atoms with Crippen LogP contribution >= 0.6 is 35.2 Å². The maximum atomic E-state index is 12.6. The summed E-state index contributed by atoms with van der Waals surface area (Å²) in [6, 6.07) is 0. The minimum atomic E-state index is -5.90. The van der Waals surface area contributed by atoms with Crippen molar-refractivity contribution >= 4 is 69.1 Å². The number of nitrogens with two attached hydrogens (primary N) is 1. The van der Waals surface area contributed by atoms with Crippen molar-refractivity contribution in [2.24, 2.45) is 5.41 Å². The van der Waals surface area contributed by atoms with E-state index < -0.39 is 84.6 Å². The summed E-state index contributed by atoms with van der Waals surface area (Å²) in [5.41, 5.74) is 4.13. The van der Waals surface area contributed by atoms with Crippen molar-refractivity contribution in [3.63, 3.8) is 0 Å². The van der Waals surface area contributed by atoms with Crippen LogP contribution < -0.4 is 60.6 Å². The van der Waals surface area contributed by atoms with E-state index in [1.807, 2.05) is 0 Å². The number of carbonyl (C=O) groups excluding carboxylic acids is 3. The first-order chi connectivity index (χ1) is 29.6. The summed E-state index contributed by atoms with van der Waals surface area (Å²) in [7, 11) is -17.3. The molecule has 24 nitrogen and oxygen atoms in total. The molecular formula is C35H59N7NaO17P3S-2. The van der Waals surface area contributed by atoms with Gasteiger partial charge in [0.25, 0.3) is 23.5 Å². The first-order valence-corrected chi connectivity index (χ1v) is 26.0. The van der Waals surface area contributed by atoms with Crippen LogP contribution in [0, 0.1) is 5.41 Å². The van der Waals surface area contributed by atoms with Crippen LogP contribution in [0.2, 0.25) is 0 Å². The Kier molecular flexibility index (Phi) is 25.8. The Morgan fingerprint density at radius 1 is 0.938 bits per heavy atom. The summed E-state index contributed by atoms with van der Waals surface area (Å²) < 4.78 is 61.1. The third-order valence-corrected chi connectivity index (χ3v) is 13.7. The molecule has 29 heteroatoms. The number of rotatable bonds is 31. The Balaban J connectivity index is 0.0000141. The second kappa shape index (κ2) is 28.1. The minimum Gasteiger partial charge on any atom is -0.756 e. The van der Waals surface area contributed by atoms with Gasteiger partial charge in [0.1, 0.15) is 36.3 Å². The molecule has 0 saturated carbocycles. The van der Waals surface area contributed by atoms with Gasteiger partial charge in [0.15, 0.2) is 22.8 Å². The number of phosphoric acid groups is 3. The number of anilines is 1. The smallest absolute Gasteiger partial charge is 0.756 e. The van der Waals surface area contributed by atoms with E-state index in [0.717, 1.165) is 48.2 Å². The number of hydrogen-bond donors (Lipinski definition) is 6. The van der Waals surface area contributed by atoms with Crippen LogP contribution in [0.1, 0.15) is 110 Å². The number of ether oxygens (including phenoxy) is 1. The van der Waals surface area contributed by atoms with Gasteiger partial charge in [0.2, 0.25) is 11.8 Å². The predicted molar refractivity (Wildman–Crippen MR) is 222 cm³/mol. The fourth-order valence-corrected chi connectivity index (χ4v) is 9.75. The van der Waals surface area contributed by atoms with Crippen LogP contribution in [0.4, 0.5) is 5.82 Å². The molecule has 1 aliphatic rings. The average molecular weight is 998 g/mol. The summed E-state index contributed by atoms with van der Waals surface area (Å²) in [5, 5.41) is 26.5. The fourth-order valence-electron chi connectivity index (χ4n) is 6.28. The van der Waals surface area contributed by atoms with Crippen LogP contribution in [0.15, 0.2) is 12.7 Å². The number of phosphoric ester groups is 3. The number of hydrogen-bond acceptors (Lipinski definition) is 21. The third-order valence-electron chi connectivity index (χ3n) is 9.73. The fraction of sp³-hybridized carbons (Fsp3) is 0.771. The van der Waals surface area contributed by atoms with E-state index in [0.29, 0.717) is 12.2 Å². The van der Waals surface area contributed by atoms with Crippen molar-refractivity contribution in [3.05, 3.63) is 12.7 Å². The Morgan fingerprint density at radius 3 is 2.17 bits per heavy atom. The maximum absolute atomic E-state index is 12.6. The van der Waals surface area contributed by atoms with E-state index in [1.54, 1.807) is 0 Å². The largest absolute Gasteiger partial charge is 1.00 e. The Bertz CT molecular complexity index is 1930. The number of imidazole rings is 1. The predicted octanol–water partition coefficient (Wildman–Crippen LogP) is -1.53. The standard InChI is InChI=1S/C35H62N7O17P3S.Na/c1-4-5-6-7-8-9-10-11-12-13-14-15-26(44)63-19-18-37-25(43)16-17-38-33(47)30(46)35(2,3)21-56-62(53,54)59-61(51,52)55-20-24-29(58-60(48,49)50)28(45)34(57-24)42-23-41-27-31(36)39-22-40-32(27)42;/h22-24,28-30,34,45-46H,4-21H2,1-3H3,(H,37,43)(H,38,47)(H,51,52)(H,53,54)(H2,36,39,40)(H2,48,49,50);/q;+1/p-3. The van der Waals surface area contributed by atoms with E-state index in [1.165, 1.54) is 65.2 Å². The van der Waals surface area contributed by atoms with Crippen molar-refractivity contribution in [2.75, 3.05) is 37.8 Å². The molecule has 1 fully saturated rings. The van der Waals surface area contributed by atoms with Crippen molar-refractivity contribution in [2.45, 2.75) is 135 Å². The van der Waals surface area contributed by atoms with E-state index in [-0.39, 0.29) is 71.2 Å². The van der Waals surface area contributed by atoms with Gasteiger partial charge in [-0.3, -0.25) is 32.6 Å². The van der Waals surface area contributed by atoms with Gasteiger partial charge in [0, 0.05) is 37.1 Å². The number of fused-ring (bicyclic) bond motifs is 1. The summed E-state index contributed by atoms with van der Waals surface area (Å²) in [5.74, 6) is -1.11. The molecule has 0 aromatic carbocycles. The summed E-state index contributed by atoms with van der Waals surface area (Å²) >= 11 is 1.14. The average Bonchev–Trinajstić information content (AvgIpc) is 3.76. The Hall–Kier alpha value is -1.44. The van der Waals surface area contributed by atoms with Gasteiger partial charge in [-0.15, -0.1) is 0 Å². The van der Waals surface area contributed by atoms with E-state index >= 15 is 0 Å². The number of aliphatic hydroxyl groups excluding tert-OH is 2. The summed E-state index contributed by atoms with van der Waals surface area (Å²) in [6.45, 7) is 2.44. The van der Waals surface area contributed by atoms with Crippen molar-refractivity contribution < 1.29 is 110 Å². The molecule has 2 aromatic heterocycles. The molecule has 0 bridgehead atoms. The molecule has 8 atom stereocenters. The zero-order chi connectivity index (χ0) is 46.8. The second-order valence-electron chi connectivity index (χ2n) is 15.5. The Labute approximate surface area is 398 Å². The molecule has 0 aliphatic carbocycles. The van der Waals surface area contributed by atoms with Crippen LogP contribution in [0.5, 0.6) is 0 Å². The zero-order valence-corrected chi connectivity index (χ0v) is 41.9. The van der Waals surface area contributed by atoms with Gasteiger partial charge < -0.3 is 64.5 Å². The van der Waals surface area contributed by atoms with Gasteiger partial charge in [-0.1, -0.05) is 96.7 Å². The second-order valence-corrected chi connectivity index (χ2v) is 20.8. The number of thioether (sulfide) groups is 1. The van der Waals surface area contributed by atoms with Crippen LogP contribution in [-0.2, 0) is 50.7 Å². The molecular weight excluding hydrogens is 938 g/mol. The van der Waals surface area contributed by atoms with Gasteiger partial charge in [-0.05, 0) is 6.42 Å². The van der Waals surface area contributed by atoms with Crippen molar-refractivity contribution in [1.82, 2.24) is 30.2 Å². The molecule has 8 unspecified atom stereocenters. The number of amides is 2. The van der Waals surface area contributed by atoms with Gasteiger partial charge in [-0.2, -0.15) is 0 Å². The van der Waals surface area contributed by atoms with E-state index in [4.69, 9.17) is 10.5 Å². The Morgan fingerprint density at radius 2 is 1.55 bits per heavy atom. The number of unbranched alkanes of at least 4 members (excludes halogenated alkanes) is 10. The monoisotopic (exact) mass is 997 g/mol. The molecule has 360 valence electrons. The zero-order valence-electron chi connectivity index (χ0n) is 36.4. The summed E-state index contributed by atoms with van der Waals surface area (Å²) in [4.78, 5) is 94.6. The first kappa shape index (κ1) is 58.7. The van der Waals surface area contributed by atoms with Gasteiger partial charge in [-0.25, -0.2) is 19.3 Å². The molecule has 1 aliphatic heterocycles. The number of nitrogens with one attached hydrogen (secondary N) is 2. The number of aliphatic hydroxyl groups is 2. The summed E-state index contributed by atoms with van der Waals surface area (Å²) in [6.07, 6.45) is 6.22. The molecule has 64 heavy (non-hydrogen) atoms. The molecule has 7 N–H and O–H groups in total. The van der Waals surface area contributed by atoms with Crippen LogP contribution in [-0.4, -0.2) is 108 Å². The topological polar surface area (TPSA) is 372 Å². The van der Waals surface area contributed by atoms with E-state index in [9.17, 15) is 57.9 Å². The molecule has 3 heterocycles. The maximum Gasteiger partial charge on any atom is 1.00 e. The molecule has 0 spiro atoms. The van der Waals surface area contributed by atoms with Crippen molar-refractivity contribution in [1.29, 1.82) is 0 Å². The SMILES string of the molecule is CCCCCCCCCCCCCC(=O)SCCNC(=O)CCNC(=O)C(O)C(C)(C)COP(=O)([O-])OP(=O)([O-])OCC1OC(n2cnc3c(N)ncnc32)C(O)C1OP(=O)([O-])O.[Na+].